The molecule has 0 spiro atoms. The molecule has 0 atom stereocenters. The first-order chi connectivity index (χ1) is 10.7. The van der Waals surface area contributed by atoms with Crippen molar-refractivity contribution in [3.63, 3.8) is 0 Å². The number of methoxy groups -OCH3 is 2. The molecule has 1 rings (SSSR count). The predicted molar refractivity (Wildman–Crippen MR) is 104 cm³/mol. The number of halogens is 1. The molecule has 0 unspecified atom stereocenters. The Morgan fingerprint density at radius 1 is 1.26 bits per heavy atom. The largest absolute Gasteiger partial charge is 0.493 e. The second kappa shape index (κ2) is 13.0. The van der Waals surface area contributed by atoms with Crippen LogP contribution in [0.3, 0.4) is 0 Å². The lowest BCUT2D eigenvalue weighted by Gasteiger charge is -2.12. The smallest absolute Gasteiger partial charge is 0.191 e. The van der Waals surface area contributed by atoms with Crippen LogP contribution in [0.15, 0.2) is 35.8 Å². The van der Waals surface area contributed by atoms with Gasteiger partial charge in [-0.1, -0.05) is 12.1 Å². The van der Waals surface area contributed by atoms with Crippen LogP contribution in [0.5, 0.6) is 11.5 Å². The zero-order chi connectivity index (χ0) is 16.2. The molecule has 0 aliphatic heterocycles. The summed E-state index contributed by atoms with van der Waals surface area (Å²) in [4.78, 5) is 4.50. The van der Waals surface area contributed by atoms with Crippen molar-refractivity contribution in [3.05, 3.63) is 36.4 Å². The van der Waals surface area contributed by atoms with Crippen molar-refractivity contribution in [2.45, 2.75) is 13.0 Å². The van der Waals surface area contributed by atoms with E-state index in [4.69, 9.17) is 14.6 Å². The van der Waals surface area contributed by atoms with E-state index in [1.54, 1.807) is 20.3 Å². The van der Waals surface area contributed by atoms with Crippen molar-refractivity contribution in [3.8, 4) is 11.5 Å². The van der Waals surface area contributed by atoms with Gasteiger partial charge in [-0.25, -0.2) is 4.99 Å². The van der Waals surface area contributed by atoms with Crippen molar-refractivity contribution < 1.29 is 14.6 Å². The number of nitrogens with zero attached hydrogens (tertiary/aromatic N) is 1. The maximum absolute atomic E-state index is 8.83. The molecule has 0 aliphatic rings. The minimum atomic E-state index is 0. The lowest BCUT2D eigenvalue weighted by Crippen LogP contribution is -2.38. The number of rotatable bonds is 9. The Hall–Kier alpha value is -1.48. The van der Waals surface area contributed by atoms with Crippen LogP contribution in [-0.4, -0.2) is 45.0 Å². The Bertz CT molecular complexity index is 495. The summed E-state index contributed by atoms with van der Waals surface area (Å²) >= 11 is 0. The molecular weight excluding hydrogens is 409 g/mol. The maximum Gasteiger partial charge on any atom is 0.191 e. The number of aliphatic hydroxyl groups is 1. The molecule has 7 heteroatoms. The van der Waals surface area contributed by atoms with Crippen molar-refractivity contribution in [2.75, 3.05) is 33.9 Å². The highest BCUT2D eigenvalue weighted by Crippen LogP contribution is 2.27. The van der Waals surface area contributed by atoms with Gasteiger partial charge in [-0.15, -0.1) is 30.6 Å². The highest BCUT2D eigenvalue weighted by atomic mass is 127. The van der Waals surface area contributed by atoms with Crippen molar-refractivity contribution >= 4 is 29.9 Å². The molecule has 3 N–H and O–H groups in total. The van der Waals surface area contributed by atoms with Gasteiger partial charge in [-0.2, -0.15) is 0 Å². The van der Waals surface area contributed by atoms with E-state index in [0.29, 0.717) is 43.5 Å². The van der Waals surface area contributed by atoms with Gasteiger partial charge >= 0.3 is 0 Å². The molecule has 0 heterocycles. The summed E-state index contributed by atoms with van der Waals surface area (Å²) in [6.07, 6.45) is 2.44. The summed E-state index contributed by atoms with van der Waals surface area (Å²) in [7, 11) is 3.22. The number of hydrogen-bond acceptors (Lipinski definition) is 4. The predicted octanol–water partition coefficient (Wildman–Crippen LogP) is 1.93. The fraction of sp³-hybridized carbons (Fsp3) is 0.438. The Kier molecular flexibility index (Phi) is 12.2. The lowest BCUT2D eigenvalue weighted by atomic mass is 10.2. The standard InChI is InChI=1S/C16H25N3O3.HI/c1-4-8-17-16(18-9-5-10-20)19-12-13-6-7-14(21-2)15(11-13)22-3;/h4,6-7,11,20H,1,5,8-10,12H2,2-3H3,(H2,17,18,19);1H. The molecule has 6 nitrogen and oxygen atoms in total. The zero-order valence-corrected chi connectivity index (χ0v) is 16.0. The van der Waals surface area contributed by atoms with E-state index in [2.05, 4.69) is 22.2 Å². The zero-order valence-electron chi connectivity index (χ0n) is 13.7. The first kappa shape index (κ1) is 21.5. The average Bonchev–Trinajstić information content (AvgIpc) is 2.56. The fourth-order valence-electron chi connectivity index (χ4n) is 1.78. The quantitative estimate of drug-likeness (QED) is 0.182. The molecule has 0 radical (unpaired) electrons. The topological polar surface area (TPSA) is 75.1 Å². The van der Waals surface area contributed by atoms with Crippen LogP contribution in [-0.2, 0) is 6.54 Å². The molecule has 0 bridgehead atoms. The fourth-order valence-corrected chi connectivity index (χ4v) is 1.78. The minimum absolute atomic E-state index is 0. The highest BCUT2D eigenvalue weighted by Gasteiger charge is 2.04. The Balaban J connectivity index is 0.00000484. The normalized spacial score (nSPS) is 10.5. The summed E-state index contributed by atoms with van der Waals surface area (Å²) in [6.45, 7) is 5.61. The van der Waals surface area contributed by atoms with E-state index in [1.807, 2.05) is 18.2 Å². The maximum atomic E-state index is 8.83. The van der Waals surface area contributed by atoms with Gasteiger partial charge in [0.2, 0.25) is 0 Å². The molecule has 0 aliphatic carbocycles. The van der Waals surface area contributed by atoms with Crippen LogP contribution < -0.4 is 20.1 Å². The van der Waals surface area contributed by atoms with Gasteiger partial charge < -0.3 is 25.2 Å². The van der Waals surface area contributed by atoms with E-state index in [9.17, 15) is 0 Å². The van der Waals surface area contributed by atoms with E-state index in [-0.39, 0.29) is 30.6 Å². The molecular formula is C16H26IN3O3. The highest BCUT2D eigenvalue weighted by molar-refractivity contribution is 14.0. The molecule has 1 aromatic rings. The van der Waals surface area contributed by atoms with Gasteiger partial charge in [0.05, 0.1) is 20.8 Å². The third-order valence-corrected chi connectivity index (χ3v) is 2.91. The number of nitrogens with one attached hydrogen (secondary N) is 2. The van der Waals surface area contributed by atoms with Crippen LogP contribution in [0.2, 0.25) is 0 Å². The van der Waals surface area contributed by atoms with Crippen LogP contribution in [0.1, 0.15) is 12.0 Å². The van der Waals surface area contributed by atoms with Gasteiger partial charge in [-0.3, -0.25) is 0 Å². The molecule has 1 aromatic carbocycles. The van der Waals surface area contributed by atoms with E-state index >= 15 is 0 Å². The summed E-state index contributed by atoms with van der Waals surface area (Å²) in [5.74, 6) is 2.06. The number of guanidine groups is 1. The van der Waals surface area contributed by atoms with Crippen LogP contribution in [0.4, 0.5) is 0 Å². The van der Waals surface area contributed by atoms with Crippen LogP contribution in [0.25, 0.3) is 0 Å². The lowest BCUT2D eigenvalue weighted by molar-refractivity contribution is 0.289. The summed E-state index contributed by atoms with van der Waals surface area (Å²) in [5.41, 5.74) is 1.01. The summed E-state index contributed by atoms with van der Waals surface area (Å²) in [5, 5.41) is 15.1. The summed E-state index contributed by atoms with van der Waals surface area (Å²) in [6, 6.07) is 5.71. The molecule has 0 amide bonds. The van der Waals surface area contributed by atoms with Gasteiger partial charge in [0.25, 0.3) is 0 Å². The molecule has 0 aromatic heterocycles. The van der Waals surface area contributed by atoms with E-state index < -0.39 is 0 Å². The van der Waals surface area contributed by atoms with Gasteiger partial charge in [0.1, 0.15) is 0 Å². The van der Waals surface area contributed by atoms with Crippen LogP contribution in [0, 0.1) is 0 Å². The van der Waals surface area contributed by atoms with Crippen molar-refractivity contribution in [1.82, 2.24) is 10.6 Å². The molecule has 0 saturated carbocycles. The van der Waals surface area contributed by atoms with E-state index in [1.165, 1.54) is 0 Å². The Morgan fingerprint density at radius 2 is 2.00 bits per heavy atom. The molecule has 0 saturated heterocycles. The Labute approximate surface area is 155 Å². The van der Waals surface area contributed by atoms with E-state index in [0.717, 1.165) is 5.56 Å². The van der Waals surface area contributed by atoms with Crippen molar-refractivity contribution in [1.29, 1.82) is 0 Å². The van der Waals surface area contributed by atoms with Gasteiger partial charge in [-0.05, 0) is 24.1 Å². The second-order valence-corrected chi connectivity index (χ2v) is 4.53. The third-order valence-electron chi connectivity index (χ3n) is 2.91. The first-order valence-corrected chi connectivity index (χ1v) is 7.20. The van der Waals surface area contributed by atoms with Crippen molar-refractivity contribution in [2.24, 2.45) is 4.99 Å². The number of aliphatic imine (C=N–C) groups is 1. The average molecular weight is 435 g/mol. The SMILES string of the molecule is C=CCNC(=NCc1ccc(OC)c(OC)c1)NCCCO.I. The van der Waals surface area contributed by atoms with Crippen LogP contribution >= 0.6 is 24.0 Å². The number of ether oxygens (including phenoxy) is 2. The van der Waals surface area contributed by atoms with Gasteiger partial charge in [0.15, 0.2) is 17.5 Å². The number of hydrogen-bond donors (Lipinski definition) is 3. The molecule has 23 heavy (non-hydrogen) atoms. The number of aliphatic hydroxyl groups excluding tert-OH is 1. The molecule has 0 fully saturated rings. The minimum Gasteiger partial charge on any atom is -0.493 e. The monoisotopic (exact) mass is 435 g/mol. The molecule has 130 valence electrons. The Morgan fingerprint density at radius 3 is 2.61 bits per heavy atom. The third kappa shape index (κ3) is 8.08. The number of benzene rings is 1. The second-order valence-electron chi connectivity index (χ2n) is 4.53. The first-order valence-electron chi connectivity index (χ1n) is 7.20. The van der Waals surface area contributed by atoms with Gasteiger partial charge in [0, 0.05) is 19.7 Å². The summed E-state index contributed by atoms with van der Waals surface area (Å²) < 4.78 is 10.5.